The van der Waals surface area contributed by atoms with Gasteiger partial charge in [0.25, 0.3) is 5.91 Å². The number of aromatic nitrogens is 3. The zero-order chi connectivity index (χ0) is 24.5. The molecular weight excluding hydrogens is 478 g/mol. The summed E-state index contributed by atoms with van der Waals surface area (Å²) in [6.45, 7) is 2.75. The molecule has 5 rings (SSSR count). The first-order valence-electron chi connectivity index (χ1n) is 10.9. The molecule has 4 aromatic rings. The minimum absolute atomic E-state index is 0.0340. The Morgan fingerprint density at radius 2 is 1.94 bits per heavy atom. The highest BCUT2D eigenvalue weighted by molar-refractivity contribution is 6.34. The molecular formula is C24H21ClF2N6O2. The number of rotatable bonds is 5. The minimum Gasteiger partial charge on any atom is -0.494 e. The van der Waals surface area contributed by atoms with Crippen LogP contribution in [0.4, 0.5) is 20.3 Å². The van der Waals surface area contributed by atoms with Gasteiger partial charge in [-0.2, -0.15) is 4.39 Å². The van der Waals surface area contributed by atoms with Crippen LogP contribution < -0.4 is 15.4 Å². The van der Waals surface area contributed by atoms with E-state index in [9.17, 15) is 13.6 Å². The molecule has 2 aromatic heterocycles. The first-order chi connectivity index (χ1) is 17.0. The summed E-state index contributed by atoms with van der Waals surface area (Å²) >= 11 is 6.44. The van der Waals surface area contributed by atoms with Crippen LogP contribution in [0, 0.1) is 11.6 Å². The van der Waals surface area contributed by atoms with Gasteiger partial charge >= 0.3 is 0 Å². The van der Waals surface area contributed by atoms with Crippen LogP contribution in [0.5, 0.6) is 5.75 Å². The lowest BCUT2D eigenvalue weighted by Crippen LogP contribution is -2.46. The quantitative estimate of drug-likeness (QED) is 0.430. The number of hydrogen-bond donors (Lipinski definition) is 2. The normalized spacial score (nSPS) is 13.8. The molecule has 0 saturated carbocycles. The van der Waals surface area contributed by atoms with Gasteiger partial charge in [-0.1, -0.05) is 11.6 Å². The third-order valence-electron chi connectivity index (χ3n) is 5.84. The van der Waals surface area contributed by atoms with Crippen molar-refractivity contribution in [2.24, 2.45) is 0 Å². The van der Waals surface area contributed by atoms with Gasteiger partial charge < -0.3 is 20.3 Å². The van der Waals surface area contributed by atoms with Crippen LogP contribution in [0.1, 0.15) is 10.4 Å². The third-order valence-corrected chi connectivity index (χ3v) is 6.15. The summed E-state index contributed by atoms with van der Waals surface area (Å²) < 4.78 is 35.4. The fourth-order valence-corrected chi connectivity index (χ4v) is 4.30. The predicted molar refractivity (Wildman–Crippen MR) is 128 cm³/mol. The molecule has 11 heteroatoms. The van der Waals surface area contributed by atoms with Crippen LogP contribution in [-0.4, -0.2) is 58.5 Å². The number of methoxy groups -OCH3 is 1. The zero-order valence-electron chi connectivity index (χ0n) is 18.7. The number of carbonyl (C=O) groups excluding carboxylic acids is 1. The van der Waals surface area contributed by atoms with Crippen LogP contribution in [0.25, 0.3) is 16.9 Å². The van der Waals surface area contributed by atoms with E-state index in [2.05, 4.69) is 20.6 Å². The number of benzene rings is 2. The first kappa shape index (κ1) is 23.0. The second-order valence-electron chi connectivity index (χ2n) is 7.92. The number of fused-ring (bicyclic) bond motifs is 1. The van der Waals surface area contributed by atoms with E-state index in [0.29, 0.717) is 46.5 Å². The van der Waals surface area contributed by atoms with Gasteiger partial charge in [-0.25, -0.2) is 14.4 Å². The molecule has 2 aromatic carbocycles. The average Bonchev–Trinajstić information content (AvgIpc) is 3.31. The highest BCUT2D eigenvalue weighted by Crippen LogP contribution is 2.32. The number of halogens is 3. The lowest BCUT2D eigenvalue weighted by atomic mass is 10.1. The van der Waals surface area contributed by atoms with E-state index in [4.69, 9.17) is 16.3 Å². The molecule has 1 amide bonds. The molecule has 0 bridgehead atoms. The van der Waals surface area contributed by atoms with Crippen LogP contribution in [-0.2, 0) is 0 Å². The number of amides is 1. The Bertz CT molecular complexity index is 1420. The van der Waals surface area contributed by atoms with Crippen molar-refractivity contribution in [1.82, 2.24) is 24.6 Å². The van der Waals surface area contributed by atoms with Gasteiger partial charge in [-0.05, 0) is 30.3 Å². The number of nitrogens with zero attached hydrogens (tertiary/aromatic N) is 4. The van der Waals surface area contributed by atoms with Crippen molar-refractivity contribution in [3.63, 3.8) is 0 Å². The van der Waals surface area contributed by atoms with Crippen molar-refractivity contribution in [3.05, 3.63) is 71.1 Å². The molecule has 1 aliphatic rings. The lowest BCUT2D eigenvalue weighted by Gasteiger charge is -2.27. The largest absolute Gasteiger partial charge is 0.494 e. The van der Waals surface area contributed by atoms with Gasteiger partial charge in [0.15, 0.2) is 23.0 Å². The van der Waals surface area contributed by atoms with Gasteiger partial charge in [0.05, 0.1) is 29.6 Å². The van der Waals surface area contributed by atoms with Gasteiger partial charge in [-0.15, -0.1) is 0 Å². The van der Waals surface area contributed by atoms with E-state index >= 15 is 0 Å². The minimum atomic E-state index is -1.07. The Labute approximate surface area is 204 Å². The molecule has 0 atom stereocenters. The number of nitrogens with one attached hydrogen (secondary N) is 2. The maximum Gasteiger partial charge on any atom is 0.255 e. The molecule has 1 aliphatic heterocycles. The monoisotopic (exact) mass is 498 g/mol. The lowest BCUT2D eigenvalue weighted by molar-refractivity contribution is 0.0736. The van der Waals surface area contributed by atoms with Crippen LogP contribution in [0.2, 0.25) is 5.02 Å². The maximum absolute atomic E-state index is 14.7. The van der Waals surface area contributed by atoms with Crippen LogP contribution in [0.15, 0.2) is 48.9 Å². The molecule has 8 nitrogen and oxygen atoms in total. The van der Waals surface area contributed by atoms with E-state index in [1.54, 1.807) is 33.7 Å². The van der Waals surface area contributed by atoms with Crippen molar-refractivity contribution in [1.29, 1.82) is 0 Å². The second kappa shape index (κ2) is 9.47. The second-order valence-corrected chi connectivity index (χ2v) is 8.33. The summed E-state index contributed by atoms with van der Waals surface area (Å²) in [7, 11) is 1.27. The average molecular weight is 499 g/mol. The number of ether oxygens (including phenoxy) is 1. The molecule has 1 fully saturated rings. The molecule has 0 unspecified atom stereocenters. The Morgan fingerprint density at radius 1 is 1.14 bits per heavy atom. The molecule has 35 heavy (non-hydrogen) atoms. The Hall–Kier alpha value is -3.76. The summed E-state index contributed by atoms with van der Waals surface area (Å²) in [5, 5.41) is 6.66. The fourth-order valence-electron chi connectivity index (χ4n) is 4.04. The maximum atomic E-state index is 14.7. The third kappa shape index (κ3) is 4.26. The number of imidazole rings is 1. The van der Waals surface area contributed by atoms with E-state index < -0.39 is 11.6 Å². The molecule has 1 saturated heterocycles. The van der Waals surface area contributed by atoms with Gasteiger partial charge in [0.1, 0.15) is 0 Å². The zero-order valence-corrected chi connectivity index (χ0v) is 19.4. The van der Waals surface area contributed by atoms with Crippen LogP contribution in [0.3, 0.4) is 0 Å². The predicted octanol–water partition coefficient (Wildman–Crippen LogP) is 4.13. The Balaban J connectivity index is 1.44. The fraction of sp³-hybridized carbons (Fsp3) is 0.208. The van der Waals surface area contributed by atoms with Crippen molar-refractivity contribution >= 4 is 34.7 Å². The Morgan fingerprint density at radius 3 is 2.69 bits per heavy atom. The van der Waals surface area contributed by atoms with E-state index in [1.165, 1.54) is 31.6 Å². The summed E-state index contributed by atoms with van der Waals surface area (Å²) in [5.74, 6) is -2.02. The smallest absolute Gasteiger partial charge is 0.255 e. The van der Waals surface area contributed by atoms with Crippen molar-refractivity contribution in [2.75, 3.05) is 38.6 Å². The van der Waals surface area contributed by atoms with Gasteiger partial charge in [-0.3, -0.25) is 9.20 Å². The van der Waals surface area contributed by atoms with Crippen molar-refractivity contribution in [2.45, 2.75) is 0 Å². The topological polar surface area (TPSA) is 83.8 Å². The number of piperazine rings is 1. The molecule has 2 N–H and O–H groups in total. The summed E-state index contributed by atoms with van der Waals surface area (Å²) in [6, 6.07) is 7.84. The number of hydrogen-bond acceptors (Lipinski definition) is 6. The SMILES string of the molecule is COc1ccc(-c2cnc3c(Nc4ccc(C(=O)N5CCNCC5)c(Cl)c4)nccn23)c(F)c1F. The molecule has 0 spiro atoms. The van der Waals surface area contributed by atoms with E-state index in [-0.39, 0.29) is 17.2 Å². The standard InChI is InChI=1S/C24H21ClF2N6O2/c1-35-19-5-4-16(20(26)21(19)27)18-13-30-23-22(29-8-11-33(18)23)31-14-2-3-15(17(25)12-14)24(34)32-9-6-28-7-10-32/h2-5,8,11-13,28H,6-7,9-10H2,1H3,(H,29,31). The van der Waals surface area contributed by atoms with Gasteiger partial charge in [0.2, 0.25) is 5.82 Å². The number of anilines is 2. The Kier molecular flexibility index (Phi) is 6.23. The molecule has 0 aliphatic carbocycles. The van der Waals surface area contributed by atoms with Crippen molar-refractivity contribution in [3.8, 4) is 17.0 Å². The summed E-state index contributed by atoms with van der Waals surface area (Å²) in [6.07, 6.45) is 4.56. The summed E-state index contributed by atoms with van der Waals surface area (Å²) in [5.41, 5.74) is 1.80. The first-order valence-corrected chi connectivity index (χ1v) is 11.3. The highest BCUT2D eigenvalue weighted by atomic mass is 35.5. The summed E-state index contributed by atoms with van der Waals surface area (Å²) in [4.78, 5) is 23.2. The molecule has 0 radical (unpaired) electrons. The highest BCUT2D eigenvalue weighted by Gasteiger charge is 2.21. The van der Waals surface area contributed by atoms with E-state index in [1.807, 2.05) is 0 Å². The molecule has 3 heterocycles. The van der Waals surface area contributed by atoms with Crippen molar-refractivity contribution < 1.29 is 18.3 Å². The molecule has 180 valence electrons. The number of carbonyl (C=O) groups is 1. The van der Waals surface area contributed by atoms with Crippen LogP contribution >= 0.6 is 11.6 Å². The van der Waals surface area contributed by atoms with Gasteiger partial charge in [0, 0.05) is 49.8 Å². The van der Waals surface area contributed by atoms with E-state index in [0.717, 1.165) is 13.1 Å².